The lowest BCUT2D eigenvalue weighted by Gasteiger charge is -2.00. The van der Waals surface area contributed by atoms with Gasteiger partial charge >= 0.3 is 11.7 Å². The lowest BCUT2D eigenvalue weighted by molar-refractivity contribution is 0.0692. The molecule has 1 aromatic carbocycles. The summed E-state index contributed by atoms with van der Waals surface area (Å²) in [6.07, 6.45) is 0. The molecular formula is C9H5ClN2O3. The number of aromatic carboxylic acids is 1. The molecule has 6 heteroatoms. The third-order valence-electron chi connectivity index (χ3n) is 1.89. The second-order valence-electron chi connectivity index (χ2n) is 2.89. The number of carbonyl (C=O) groups is 1. The van der Waals surface area contributed by atoms with Crippen molar-refractivity contribution in [2.75, 3.05) is 0 Å². The summed E-state index contributed by atoms with van der Waals surface area (Å²) in [5, 5.41) is 9.60. The van der Waals surface area contributed by atoms with Crippen molar-refractivity contribution in [2.45, 2.75) is 0 Å². The second-order valence-corrected chi connectivity index (χ2v) is 3.32. The first-order valence-corrected chi connectivity index (χ1v) is 4.38. The number of hydrogen-bond acceptors (Lipinski definition) is 3. The number of benzene rings is 1. The van der Waals surface area contributed by atoms with E-state index in [4.69, 9.17) is 16.7 Å². The molecule has 1 aromatic heterocycles. The van der Waals surface area contributed by atoms with Gasteiger partial charge in [-0.2, -0.15) is 4.98 Å². The van der Waals surface area contributed by atoms with Crippen LogP contribution in [0.5, 0.6) is 0 Å². The third kappa shape index (κ3) is 1.69. The van der Waals surface area contributed by atoms with E-state index in [9.17, 15) is 9.59 Å². The molecule has 0 saturated heterocycles. The maximum atomic E-state index is 11.0. The van der Waals surface area contributed by atoms with Crippen LogP contribution in [-0.4, -0.2) is 21.0 Å². The Labute approximate surface area is 88.3 Å². The molecule has 0 aliphatic carbocycles. The molecule has 1 heterocycles. The molecule has 0 fully saturated rings. The number of hydrogen-bond donors (Lipinski definition) is 2. The first-order valence-electron chi connectivity index (χ1n) is 4.01. The quantitative estimate of drug-likeness (QED) is 0.764. The zero-order valence-electron chi connectivity index (χ0n) is 7.32. The van der Waals surface area contributed by atoms with E-state index in [2.05, 4.69) is 9.97 Å². The predicted octanol–water partition coefficient (Wildman–Crippen LogP) is 1.27. The van der Waals surface area contributed by atoms with Crippen LogP contribution in [0.15, 0.2) is 23.0 Å². The van der Waals surface area contributed by atoms with Crippen molar-refractivity contribution in [1.82, 2.24) is 9.97 Å². The largest absolute Gasteiger partial charge is 0.476 e. The highest BCUT2D eigenvalue weighted by atomic mass is 35.5. The molecule has 0 bridgehead atoms. The number of halogens is 1. The fraction of sp³-hybridized carbons (Fsp3) is 0. The smallest absolute Gasteiger partial charge is 0.355 e. The Hall–Kier alpha value is -1.88. The monoisotopic (exact) mass is 224 g/mol. The van der Waals surface area contributed by atoms with Gasteiger partial charge in [-0.05, 0) is 18.2 Å². The van der Waals surface area contributed by atoms with Gasteiger partial charge in [-0.25, -0.2) is 9.59 Å². The number of aromatic nitrogens is 2. The minimum atomic E-state index is -1.24. The van der Waals surface area contributed by atoms with Crippen molar-refractivity contribution in [1.29, 1.82) is 0 Å². The van der Waals surface area contributed by atoms with Crippen LogP contribution in [-0.2, 0) is 0 Å². The summed E-state index contributed by atoms with van der Waals surface area (Å²) in [4.78, 5) is 27.6. The normalized spacial score (nSPS) is 10.5. The summed E-state index contributed by atoms with van der Waals surface area (Å²) in [6, 6.07) is 4.52. The van der Waals surface area contributed by atoms with Crippen molar-refractivity contribution < 1.29 is 9.90 Å². The van der Waals surface area contributed by atoms with Gasteiger partial charge in [-0.15, -0.1) is 0 Å². The highest BCUT2D eigenvalue weighted by Gasteiger charge is 2.11. The summed E-state index contributed by atoms with van der Waals surface area (Å²) in [6.45, 7) is 0. The van der Waals surface area contributed by atoms with Crippen LogP contribution < -0.4 is 5.69 Å². The van der Waals surface area contributed by atoms with Crippen molar-refractivity contribution in [3.63, 3.8) is 0 Å². The first-order chi connectivity index (χ1) is 7.08. The standard InChI is InChI=1S/C9H5ClN2O3/c10-4-1-2-5-6(3-4)11-9(15)12-7(5)8(13)14/h1-3H,(H,13,14)(H,11,12,15). The average molecular weight is 225 g/mol. The number of nitrogens with one attached hydrogen (secondary N) is 1. The molecule has 2 aromatic rings. The lowest BCUT2D eigenvalue weighted by atomic mass is 10.2. The fourth-order valence-corrected chi connectivity index (χ4v) is 1.47. The minimum Gasteiger partial charge on any atom is -0.476 e. The van der Waals surface area contributed by atoms with Gasteiger partial charge in [0.05, 0.1) is 5.52 Å². The maximum Gasteiger partial charge on any atom is 0.355 e. The van der Waals surface area contributed by atoms with E-state index in [0.717, 1.165) is 0 Å². The Morgan fingerprint density at radius 2 is 2.20 bits per heavy atom. The Balaban J connectivity index is 2.92. The number of nitrogens with zero attached hydrogens (tertiary/aromatic N) is 1. The van der Waals surface area contributed by atoms with Crippen LogP contribution in [0, 0.1) is 0 Å². The number of aromatic amines is 1. The molecule has 0 atom stereocenters. The molecule has 5 nitrogen and oxygen atoms in total. The Bertz CT molecular complexity index is 606. The molecule has 76 valence electrons. The number of rotatable bonds is 1. The summed E-state index contributed by atoms with van der Waals surface area (Å²) >= 11 is 5.71. The van der Waals surface area contributed by atoms with Gasteiger partial charge in [0.1, 0.15) is 0 Å². The lowest BCUT2D eigenvalue weighted by Crippen LogP contribution is -2.16. The average Bonchev–Trinajstić information content (AvgIpc) is 2.15. The molecule has 2 N–H and O–H groups in total. The Kier molecular flexibility index (Phi) is 2.17. The number of carboxylic acids is 1. The van der Waals surface area contributed by atoms with Crippen molar-refractivity contribution in [2.24, 2.45) is 0 Å². The zero-order chi connectivity index (χ0) is 11.0. The molecule has 0 unspecified atom stereocenters. The predicted molar refractivity (Wildman–Crippen MR) is 54.3 cm³/mol. The van der Waals surface area contributed by atoms with Crippen LogP contribution in [0.1, 0.15) is 10.5 Å². The van der Waals surface area contributed by atoms with Crippen LogP contribution in [0.25, 0.3) is 10.9 Å². The number of carboxylic acid groups (broad SMARTS) is 1. The fourth-order valence-electron chi connectivity index (χ4n) is 1.29. The van der Waals surface area contributed by atoms with E-state index in [0.29, 0.717) is 15.9 Å². The van der Waals surface area contributed by atoms with Gasteiger partial charge in [-0.3, -0.25) is 0 Å². The van der Waals surface area contributed by atoms with E-state index in [1.807, 2.05) is 0 Å². The molecular weight excluding hydrogens is 220 g/mol. The van der Waals surface area contributed by atoms with Gasteiger partial charge in [0.2, 0.25) is 0 Å². The summed E-state index contributed by atoms with van der Waals surface area (Å²) in [7, 11) is 0. The van der Waals surface area contributed by atoms with E-state index in [1.165, 1.54) is 18.2 Å². The van der Waals surface area contributed by atoms with Crippen molar-refractivity contribution in [3.8, 4) is 0 Å². The van der Waals surface area contributed by atoms with Crippen LogP contribution in [0.3, 0.4) is 0 Å². The van der Waals surface area contributed by atoms with Gasteiger partial charge in [0, 0.05) is 10.4 Å². The highest BCUT2D eigenvalue weighted by Crippen LogP contribution is 2.18. The van der Waals surface area contributed by atoms with Gasteiger partial charge in [0.25, 0.3) is 0 Å². The molecule has 0 amide bonds. The van der Waals surface area contributed by atoms with Crippen LogP contribution in [0.4, 0.5) is 0 Å². The molecule has 0 aliphatic heterocycles. The van der Waals surface area contributed by atoms with Crippen LogP contribution >= 0.6 is 11.6 Å². The van der Waals surface area contributed by atoms with Gasteiger partial charge in [0.15, 0.2) is 5.69 Å². The first kappa shape index (κ1) is 9.67. The number of H-pyrrole nitrogens is 1. The summed E-state index contributed by atoms with van der Waals surface area (Å²) in [5.41, 5.74) is -0.618. The topological polar surface area (TPSA) is 83.0 Å². The van der Waals surface area contributed by atoms with E-state index < -0.39 is 11.7 Å². The zero-order valence-corrected chi connectivity index (χ0v) is 8.08. The molecule has 2 rings (SSSR count). The highest BCUT2D eigenvalue weighted by molar-refractivity contribution is 6.31. The Morgan fingerprint density at radius 3 is 2.87 bits per heavy atom. The van der Waals surface area contributed by atoms with Gasteiger partial charge < -0.3 is 10.1 Å². The van der Waals surface area contributed by atoms with Crippen LogP contribution in [0.2, 0.25) is 5.02 Å². The van der Waals surface area contributed by atoms with Crippen molar-refractivity contribution >= 4 is 28.5 Å². The SMILES string of the molecule is O=C(O)c1nc(=O)[nH]c2cc(Cl)ccc12. The molecule has 15 heavy (non-hydrogen) atoms. The van der Waals surface area contributed by atoms with E-state index >= 15 is 0 Å². The third-order valence-corrected chi connectivity index (χ3v) is 2.13. The molecule has 0 radical (unpaired) electrons. The van der Waals surface area contributed by atoms with E-state index in [1.54, 1.807) is 0 Å². The van der Waals surface area contributed by atoms with Gasteiger partial charge in [-0.1, -0.05) is 11.6 Å². The number of fused-ring (bicyclic) bond motifs is 1. The summed E-state index contributed by atoms with van der Waals surface area (Å²) < 4.78 is 0. The summed E-state index contributed by atoms with van der Waals surface area (Å²) in [5.74, 6) is -1.24. The molecule has 0 spiro atoms. The van der Waals surface area contributed by atoms with E-state index in [-0.39, 0.29) is 5.69 Å². The van der Waals surface area contributed by atoms with Crippen molar-refractivity contribution in [3.05, 3.63) is 39.4 Å². The Morgan fingerprint density at radius 1 is 1.47 bits per heavy atom. The maximum absolute atomic E-state index is 11.0. The molecule has 0 aliphatic rings. The molecule has 0 saturated carbocycles. The second kappa shape index (κ2) is 3.36. The minimum absolute atomic E-state index is 0.273.